The molecule has 3 rings (SSSR count). The van der Waals surface area contributed by atoms with Crippen LogP contribution in [0.3, 0.4) is 0 Å². The number of carbonyl (C=O) groups excluding carboxylic acids is 1. The van der Waals surface area contributed by atoms with Crippen LogP contribution in [-0.4, -0.2) is 47.5 Å². The Morgan fingerprint density at radius 1 is 1.15 bits per heavy atom. The second kappa shape index (κ2) is 8.09. The van der Waals surface area contributed by atoms with Crippen LogP contribution >= 0.6 is 12.4 Å². The molecule has 0 atom stereocenters. The molecule has 2 heterocycles. The quantitative estimate of drug-likeness (QED) is 0.589. The van der Waals surface area contributed by atoms with Crippen LogP contribution in [0.2, 0.25) is 0 Å². The van der Waals surface area contributed by atoms with E-state index in [9.17, 15) is 13.2 Å². The molecular weight excluding hydrogens is 382 g/mol. The number of nitrogens with one attached hydrogen (secondary N) is 1. The number of ether oxygens (including phenoxy) is 1. The van der Waals surface area contributed by atoms with Crippen LogP contribution in [-0.2, 0) is 19.4 Å². The molecule has 1 aromatic carbocycles. The van der Waals surface area contributed by atoms with Crippen LogP contribution in [0.5, 0.6) is 0 Å². The number of aromatic nitrogens is 2. The van der Waals surface area contributed by atoms with Crippen LogP contribution < -0.4 is 5.48 Å². The second-order valence-corrected chi connectivity index (χ2v) is 7.93. The highest BCUT2D eigenvalue weighted by Crippen LogP contribution is 2.35. The fraction of sp³-hybridized carbons (Fsp3) is 0.312. The number of carbonyl (C=O) groups is 1. The summed E-state index contributed by atoms with van der Waals surface area (Å²) in [5.74, 6) is -0.936. The van der Waals surface area contributed by atoms with E-state index in [1.807, 2.05) is 0 Å². The minimum atomic E-state index is -4.02. The van der Waals surface area contributed by atoms with Gasteiger partial charge >= 0.3 is 0 Å². The lowest BCUT2D eigenvalue weighted by Crippen LogP contribution is -2.54. The number of sulfone groups is 1. The van der Waals surface area contributed by atoms with Crippen molar-refractivity contribution < 1.29 is 23.2 Å². The van der Waals surface area contributed by atoms with Gasteiger partial charge in [0, 0.05) is 31.2 Å². The molecule has 0 spiro atoms. The molecule has 0 saturated carbocycles. The Labute approximate surface area is 156 Å². The molecule has 26 heavy (non-hydrogen) atoms. The van der Waals surface area contributed by atoms with Crippen LogP contribution in [0, 0.1) is 0 Å². The van der Waals surface area contributed by atoms with E-state index in [4.69, 9.17) is 9.94 Å². The molecule has 1 aromatic heterocycles. The van der Waals surface area contributed by atoms with Crippen molar-refractivity contribution in [3.05, 3.63) is 42.9 Å². The van der Waals surface area contributed by atoms with Crippen molar-refractivity contribution in [2.45, 2.75) is 22.5 Å². The zero-order valence-electron chi connectivity index (χ0n) is 13.7. The first-order chi connectivity index (χ1) is 12.0. The molecule has 1 saturated heterocycles. The third-order valence-electron chi connectivity index (χ3n) is 4.35. The number of benzene rings is 1. The normalized spacial score (nSPS) is 16.3. The van der Waals surface area contributed by atoms with Gasteiger partial charge in [-0.05, 0) is 25.0 Å². The Morgan fingerprint density at radius 3 is 2.35 bits per heavy atom. The predicted octanol–water partition coefficient (Wildman–Crippen LogP) is 1.39. The SMILES string of the molecule is Cl.O=C(NO)C1(S(=O)(=O)c2ccc(-c3cnccn3)cc2)CCOCC1. The van der Waals surface area contributed by atoms with E-state index in [0.717, 1.165) is 0 Å². The Morgan fingerprint density at radius 2 is 1.81 bits per heavy atom. The largest absolute Gasteiger partial charge is 0.381 e. The van der Waals surface area contributed by atoms with Gasteiger partial charge in [-0.1, -0.05) is 12.1 Å². The predicted molar refractivity (Wildman–Crippen MR) is 94.6 cm³/mol. The van der Waals surface area contributed by atoms with Crippen molar-refractivity contribution in [1.29, 1.82) is 0 Å². The molecule has 2 aromatic rings. The molecule has 0 radical (unpaired) electrons. The Balaban J connectivity index is 0.00000243. The van der Waals surface area contributed by atoms with Gasteiger partial charge in [0.25, 0.3) is 5.91 Å². The number of hydrogen-bond acceptors (Lipinski definition) is 7. The maximum Gasteiger partial charge on any atom is 0.265 e. The van der Waals surface area contributed by atoms with Gasteiger partial charge in [-0.15, -0.1) is 12.4 Å². The van der Waals surface area contributed by atoms with Gasteiger partial charge in [0.05, 0.1) is 16.8 Å². The first-order valence-electron chi connectivity index (χ1n) is 7.65. The zero-order valence-corrected chi connectivity index (χ0v) is 15.3. The highest BCUT2D eigenvalue weighted by atomic mass is 35.5. The maximum atomic E-state index is 13.1. The third-order valence-corrected chi connectivity index (χ3v) is 6.87. The molecule has 0 bridgehead atoms. The monoisotopic (exact) mass is 399 g/mol. The summed E-state index contributed by atoms with van der Waals surface area (Å²) < 4.78 is 29.6. The summed E-state index contributed by atoms with van der Waals surface area (Å²) in [5.41, 5.74) is 2.82. The van der Waals surface area contributed by atoms with Crippen molar-refractivity contribution in [2.75, 3.05) is 13.2 Å². The topological polar surface area (TPSA) is 118 Å². The second-order valence-electron chi connectivity index (χ2n) is 5.67. The molecule has 1 fully saturated rings. The summed E-state index contributed by atoms with van der Waals surface area (Å²) in [6.07, 6.45) is 4.62. The molecule has 0 aliphatic carbocycles. The van der Waals surface area contributed by atoms with Gasteiger partial charge < -0.3 is 4.74 Å². The Kier molecular flexibility index (Phi) is 6.30. The average Bonchev–Trinajstić information content (AvgIpc) is 2.68. The molecule has 10 heteroatoms. The summed E-state index contributed by atoms with van der Waals surface area (Å²) >= 11 is 0. The van der Waals surface area contributed by atoms with Gasteiger partial charge in [0.1, 0.15) is 0 Å². The van der Waals surface area contributed by atoms with Crippen molar-refractivity contribution in [3.63, 3.8) is 0 Å². The van der Waals surface area contributed by atoms with Crippen LogP contribution in [0.25, 0.3) is 11.3 Å². The number of halogens is 1. The summed E-state index contributed by atoms with van der Waals surface area (Å²) in [5, 5.41) is 9.04. The highest BCUT2D eigenvalue weighted by molar-refractivity contribution is 7.93. The Bertz CT molecular complexity index is 853. The van der Waals surface area contributed by atoms with Crippen LogP contribution in [0.15, 0.2) is 47.8 Å². The molecule has 8 nitrogen and oxygen atoms in total. The molecule has 0 unspecified atom stereocenters. The lowest BCUT2D eigenvalue weighted by molar-refractivity contribution is -0.134. The van der Waals surface area contributed by atoms with Gasteiger partial charge in [-0.3, -0.25) is 20.0 Å². The van der Waals surface area contributed by atoms with E-state index in [1.165, 1.54) is 17.6 Å². The third kappa shape index (κ3) is 3.43. The van der Waals surface area contributed by atoms with Gasteiger partial charge in [0.2, 0.25) is 0 Å². The fourth-order valence-corrected chi connectivity index (χ4v) is 4.84. The van der Waals surface area contributed by atoms with E-state index >= 15 is 0 Å². The van der Waals surface area contributed by atoms with Crippen molar-refractivity contribution in [3.8, 4) is 11.3 Å². The molecule has 1 aliphatic rings. The first kappa shape index (κ1) is 20.2. The standard InChI is InChI=1S/C16H17N3O5S.ClH/c20-15(19-21)16(5-9-24-10-6-16)25(22,23)13-3-1-12(2-4-13)14-11-17-7-8-18-14;/h1-4,7-8,11,21H,5-6,9-10H2,(H,19,20);1H. The minimum absolute atomic E-state index is 0. The van der Waals surface area contributed by atoms with Crippen molar-refractivity contribution in [2.24, 2.45) is 0 Å². The Hall–Kier alpha value is -2.07. The number of amides is 1. The summed E-state index contributed by atoms with van der Waals surface area (Å²) in [4.78, 5) is 20.3. The minimum Gasteiger partial charge on any atom is -0.381 e. The van der Waals surface area contributed by atoms with E-state index in [1.54, 1.807) is 30.7 Å². The molecule has 1 amide bonds. The highest BCUT2D eigenvalue weighted by Gasteiger charge is 2.52. The van der Waals surface area contributed by atoms with Gasteiger partial charge in [0.15, 0.2) is 14.6 Å². The number of nitrogens with zero attached hydrogens (tertiary/aromatic N) is 2. The lowest BCUT2D eigenvalue weighted by Gasteiger charge is -2.34. The maximum absolute atomic E-state index is 13.1. The van der Waals surface area contributed by atoms with Gasteiger partial charge in [-0.25, -0.2) is 13.9 Å². The number of hydroxylamine groups is 1. The number of rotatable bonds is 4. The van der Waals surface area contributed by atoms with E-state index in [2.05, 4.69) is 9.97 Å². The average molecular weight is 400 g/mol. The molecule has 140 valence electrons. The lowest BCUT2D eigenvalue weighted by atomic mass is 9.98. The number of hydrogen-bond donors (Lipinski definition) is 2. The van der Waals surface area contributed by atoms with Gasteiger partial charge in [-0.2, -0.15) is 0 Å². The van der Waals surface area contributed by atoms with E-state index in [-0.39, 0.29) is 43.4 Å². The van der Waals surface area contributed by atoms with Crippen LogP contribution in [0.1, 0.15) is 12.8 Å². The summed E-state index contributed by atoms with van der Waals surface area (Å²) in [6, 6.07) is 6.09. The van der Waals surface area contributed by atoms with E-state index < -0.39 is 20.5 Å². The fourth-order valence-electron chi connectivity index (χ4n) is 2.90. The summed E-state index contributed by atoms with van der Waals surface area (Å²) in [6.45, 7) is 0.259. The molecule has 2 N–H and O–H groups in total. The molecule has 1 aliphatic heterocycles. The molecular formula is C16H18ClN3O5S. The summed E-state index contributed by atoms with van der Waals surface area (Å²) in [7, 11) is -4.02. The first-order valence-corrected chi connectivity index (χ1v) is 9.13. The van der Waals surface area contributed by atoms with E-state index in [0.29, 0.717) is 11.3 Å². The van der Waals surface area contributed by atoms with Crippen LogP contribution in [0.4, 0.5) is 0 Å². The van der Waals surface area contributed by atoms with Crippen molar-refractivity contribution >= 4 is 28.2 Å². The van der Waals surface area contributed by atoms with Crippen molar-refractivity contribution in [1.82, 2.24) is 15.4 Å². The smallest absolute Gasteiger partial charge is 0.265 e. The zero-order chi connectivity index (χ0) is 17.9.